The number of anilines is 2. The number of nitrogens with one attached hydrogen (secondary N) is 2. The van der Waals surface area contributed by atoms with Crippen LogP contribution in [0.15, 0.2) is 46.9 Å². The van der Waals surface area contributed by atoms with Crippen molar-refractivity contribution < 1.29 is 4.79 Å². The average molecular weight is 361 g/mol. The monoisotopic (exact) mass is 360 g/mol. The van der Waals surface area contributed by atoms with Crippen LogP contribution in [0.5, 0.6) is 0 Å². The van der Waals surface area contributed by atoms with Crippen molar-refractivity contribution in [3.05, 3.63) is 58.1 Å². The van der Waals surface area contributed by atoms with E-state index in [1.807, 2.05) is 49.4 Å². The van der Waals surface area contributed by atoms with E-state index >= 15 is 0 Å². The topological polar surface area (TPSA) is 41.1 Å². The van der Waals surface area contributed by atoms with E-state index in [9.17, 15) is 4.79 Å². The number of para-hydroxylation sites is 1. The highest BCUT2D eigenvalue weighted by molar-refractivity contribution is 9.10. The van der Waals surface area contributed by atoms with E-state index in [4.69, 9.17) is 0 Å². The lowest BCUT2D eigenvalue weighted by Gasteiger charge is -2.14. The van der Waals surface area contributed by atoms with Crippen molar-refractivity contribution in [2.45, 2.75) is 26.7 Å². The Bertz CT molecular complexity index is 668. The summed E-state index contributed by atoms with van der Waals surface area (Å²) in [5.41, 5.74) is 4.10. The van der Waals surface area contributed by atoms with Gasteiger partial charge in [0, 0.05) is 15.8 Å². The Hall–Kier alpha value is -1.81. The molecule has 0 unspecified atom stereocenters. The fraction of sp³-hybridized carbons (Fsp3) is 0.278. The SMILES string of the molecule is Cc1cc(Br)ccc1NCC(=O)Nc1ccccc1C(C)C. The number of amides is 1. The van der Waals surface area contributed by atoms with Gasteiger partial charge in [0.25, 0.3) is 0 Å². The van der Waals surface area contributed by atoms with Crippen molar-refractivity contribution in [1.29, 1.82) is 0 Å². The van der Waals surface area contributed by atoms with E-state index in [0.717, 1.165) is 27.0 Å². The normalized spacial score (nSPS) is 10.6. The van der Waals surface area contributed by atoms with Crippen LogP contribution in [-0.2, 0) is 4.79 Å². The van der Waals surface area contributed by atoms with E-state index in [0.29, 0.717) is 5.92 Å². The molecule has 22 heavy (non-hydrogen) atoms. The van der Waals surface area contributed by atoms with Crippen LogP contribution in [-0.4, -0.2) is 12.5 Å². The summed E-state index contributed by atoms with van der Waals surface area (Å²) in [6, 6.07) is 13.9. The third kappa shape index (κ3) is 4.34. The highest BCUT2D eigenvalue weighted by Gasteiger charge is 2.09. The molecule has 0 aromatic heterocycles. The Balaban J connectivity index is 1.99. The number of benzene rings is 2. The molecule has 3 nitrogen and oxygen atoms in total. The molecular weight excluding hydrogens is 340 g/mol. The number of halogens is 1. The zero-order valence-corrected chi connectivity index (χ0v) is 14.7. The van der Waals surface area contributed by atoms with Gasteiger partial charge >= 0.3 is 0 Å². The second-order valence-corrected chi connectivity index (χ2v) is 6.52. The summed E-state index contributed by atoms with van der Waals surface area (Å²) in [7, 11) is 0. The van der Waals surface area contributed by atoms with Gasteiger partial charge in [-0.25, -0.2) is 0 Å². The molecular formula is C18H21BrN2O. The molecule has 0 aliphatic heterocycles. The fourth-order valence-electron chi connectivity index (χ4n) is 2.31. The third-order valence-corrected chi connectivity index (χ3v) is 3.98. The average Bonchev–Trinajstić information content (AvgIpc) is 2.46. The summed E-state index contributed by atoms with van der Waals surface area (Å²) in [6.07, 6.45) is 0. The molecule has 2 aromatic carbocycles. The van der Waals surface area contributed by atoms with Crippen LogP contribution in [0.25, 0.3) is 0 Å². The molecule has 0 aliphatic carbocycles. The number of hydrogen-bond donors (Lipinski definition) is 2. The molecule has 0 spiro atoms. The van der Waals surface area contributed by atoms with Crippen LogP contribution < -0.4 is 10.6 Å². The van der Waals surface area contributed by atoms with E-state index in [2.05, 4.69) is 40.4 Å². The van der Waals surface area contributed by atoms with Crippen LogP contribution in [0, 0.1) is 6.92 Å². The summed E-state index contributed by atoms with van der Waals surface area (Å²) in [5, 5.41) is 6.16. The van der Waals surface area contributed by atoms with Gasteiger partial charge in [-0.2, -0.15) is 0 Å². The van der Waals surface area contributed by atoms with Crippen LogP contribution >= 0.6 is 15.9 Å². The van der Waals surface area contributed by atoms with Gasteiger partial charge in [-0.05, 0) is 48.2 Å². The maximum Gasteiger partial charge on any atom is 0.243 e. The highest BCUT2D eigenvalue weighted by atomic mass is 79.9. The number of hydrogen-bond acceptors (Lipinski definition) is 2. The minimum atomic E-state index is -0.0459. The number of rotatable bonds is 5. The Kier molecular flexibility index (Phi) is 5.61. The van der Waals surface area contributed by atoms with Gasteiger partial charge in [0.1, 0.15) is 0 Å². The molecule has 0 bridgehead atoms. The van der Waals surface area contributed by atoms with Crippen LogP contribution in [0.2, 0.25) is 0 Å². The van der Waals surface area contributed by atoms with Gasteiger partial charge in [0.15, 0.2) is 0 Å². The van der Waals surface area contributed by atoms with Crippen molar-refractivity contribution >= 4 is 33.2 Å². The minimum absolute atomic E-state index is 0.0459. The van der Waals surface area contributed by atoms with Crippen LogP contribution in [0.1, 0.15) is 30.9 Å². The summed E-state index contributed by atoms with van der Waals surface area (Å²) in [5.74, 6) is 0.327. The molecule has 116 valence electrons. The first-order chi connectivity index (χ1) is 10.5. The molecule has 0 fully saturated rings. The van der Waals surface area contributed by atoms with Crippen molar-refractivity contribution in [1.82, 2.24) is 0 Å². The molecule has 0 radical (unpaired) electrons. The van der Waals surface area contributed by atoms with Gasteiger partial charge in [-0.1, -0.05) is 48.0 Å². The predicted molar refractivity (Wildman–Crippen MR) is 96.5 cm³/mol. The molecule has 0 atom stereocenters. The first-order valence-corrected chi connectivity index (χ1v) is 8.15. The molecule has 0 saturated carbocycles. The number of carbonyl (C=O) groups excluding carboxylic acids is 1. The van der Waals surface area contributed by atoms with Crippen molar-refractivity contribution in [3.8, 4) is 0 Å². The lowest BCUT2D eigenvalue weighted by molar-refractivity contribution is -0.114. The predicted octanol–water partition coefficient (Wildman–Crippen LogP) is 4.93. The summed E-state index contributed by atoms with van der Waals surface area (Å²) in [6.45, 7) is 6.50. The van der Waals surface area contributed by atoms with Crippen molar-refractivity contribution in [2.24, 2.45) is 0 Å². The maximum absolute atomic E-state index is 12.2. The standard InChI is InChI=1S/C18H21BrN2O/c1-12(2)15-6-4-5-7-17(15)21-18(22)11-20-16-9-8-14(19)10-13(16)3/h4-10,12,20H,11H2,1-3H3,(H,21,22). The van der Waals surface area contributed by atoms with Crippen molar-refractivity contribution in [3.63, 3.8) is 0 Å². The van der Waals surface area contributed by atoms with Crippen LogP contribution in [0.3, 0.4) is 0 Å². The highest BCUT2D eigenvalue weighted by Crippen LogP contribution is 2.24. The second-order valence-electron chi connectivity index (χ2n) is 5.60. The maximum atomic E-state index is 12.2. The molecule has 4 heteroatoms. The van der Waals surface area contributed by atoms with Gasteiger partial charge in [-0.3, -0.25) is 4.79 Å². The number of carbonyl (C=O) groups is 1. The lowest BCUT2D eigenvalue weighted by Crippen LogP contribution is -2.22. The molecule has 0 aliphatic rings. The molecule has 2 rings (SSSR count). The quantitative estimate of drug-likeness (QED) is 0.793. The zero-order valence-electron chi connectivity index (χ0n) is 13.1. The van der Waals surface area contributed by atoms with Crippen LogP contribution in [0.4, 0.5) is 11.4 Å². The molecule has 0 heterocycles. The third-order valence-electron chi connectivity index (χ3n) is 3.48. The minimum Gasteiger partial charge on any atom is -0.376 e. The Morgan fingerprint density at radius 3 is 2.55 bits per heavy atom. The molecule has 2 N–H and O–H groups in total. The summed E-state index contributed by atoms with van der Waals surface area (Å²) >= 11 is 3.43. The first-order valence-electron chi connectivity index (χ1n) is 7.36. The van der Waals surface area contributed by atoms with E-state index in [1.165, 1.54) is 0 Å². The van der Waals surface area contributed by atoms with Gasteiger partial charge in [0.2, 0.25) is 5.91 Å². The zero-order chi connectivity index (χ0) is 16.1. The van der Waals surface area contributed by atoms with E-state index < -0.39 is 0 Å². The Morgan fingerprint density at radius 2 is 1.86 bits per heavy atom. The smallest absolute Gasteiger partial charge is 0.243 e. The molecule has 1 amide bonds. The van der Waals surface area contributed by atoms with Crippen molar-refractivity contribution in [2.75, 3.05) is 17.2 Å². The first kappa shape index (κ1) is 16.6. The second kappa shape index (κ2) is 7.45. The fourth-order valence-corrected chi connectivity index (χ4v) is 2.79. The molecule has 0 saturated heterocycles. The van der Waals surface area contributed by atoms with E-state index in [-0.39, 0.29) is 12.5 Å². The van der Waals surface area contributed by atoms with E-state index in [1.54, 1.807) is 0 Å². The Labute approximate surface area is 140 Å². The molecule has 2 aromatic rings. The Morgan fingerprint density at radius 1 is 1.14 bits per heavy atom. The summed E-state index contributed by atoms with van der Waals surface area (Å²) in [4.78, 5) is 12.2. The lowest BCUT2D eigenvalue weighted by atomic mass is 10.0. The number of aryl methyl sites for hydroxylation is 1. The van der Waals surface area contributed by atoms with Gasteiger partial charge < -0.3 is 10.6 Å². The van der Waals surface area contributed by atoms with Gasteiger partial charge in [-0.15, -0.1) is 0 Å². The summed E-state index contributed by atoms with van der Waals surface area (Å²) < 4.78 is 1.03. The largest absolute Gasteiger partial charge is 0.376 e. The van der Waals surface area contributed by atoms with Gasteiger partial charge in [0.05, 0.1) is 6.54 Å².